The van der Waals surface area contributed by atoms with Crippen LogP contribution in [-0.2, 0) is 0 Å². The fourth-order valence-corrected chi connectivity index (χ4v) is 11.4. The average Bonchev–Trinajstić information content (AvgIpc) is 3.97. The Morgan fingerprint density at radius 2 is 0.895 bits per heavy atom. The summed E-state index contributed by atoms with van der Waals surface area (Å²) in [6, 6.07) is 65.9. The molecule has 12 rings (SSSR count). The van der Waals surface area contributed by atoms with Gasteiger partial charge >= 0.3 is 0 Å². The number of aromatic nitrogens is 1. The number of thiophene rings is 2. The van der Waals surface area contributed by atoms with Crippen LogP contribution >= 0.6 is 22.7 Å². The summed E-state index contributed by atoms with van der Waals surface area (Å²) in [5.74, 6) is 0.893. The van der Waals surface area contributed by atoms with Crippen molar-refractivity contribution in [1.82, 2.24) is 15.2 Å². The van der Waals surface area contributed by atoms with E-state index < -0.39 is 0 Å². The van der Waals surface area contributed by atoms with Crippen molar-refractivity contribution in [1.29, 1.82) is 0 Å². The molecule has 2 unspecified atom stereocenters. The van der Waals surface area contributed by atoms with Crippen LogP contribution in [0, 0.1) is 0 Å². The van der Waals surface area contributed by atoms with Gasteiger partial charge in [-0.3, -0.25) is 5.32 Å². The van der Waals surface area contributed by atoms with E-state index in [0.29, 0.717) is 0 Å². The molecule has 0 spiro atoms. The molecule has 1 aliphatic heterocycles. The molecule has 8 aromatic carbocycles. The predicted molar refractivity (Wildman–Crippen MR) is 243 cm³/mol. The van der Waals surface area contributed by atoms with Gasteiger partial charge in [-0.15, -0.1) is 22.7 Å². The Bertz CT molecular complexity index is 3320. The molecule has 3 aromatic heterocycles. The summed E-state index contributed by atoms with van der Waals surface area (Å²) in [6.07, 6.45) is -0.328. The van der Waals surface area contributed by atoms with Gasteiger partial charge < -0.3 is 9.88 Å². The lowest BCUT2D eigenvalue weighted by Gasteiger charge is -2.32. The standard InChI is InChI=1S/C51H34N4S2/c1-3-15-31(16-4-1)49-52-50(32-17-5-2-6-18-32)54-51(53-49)37-23-13-29-43-47(37)45-35(21-11-27-41(45)56-43)36-22-12-28-42-46(36)48-40(26-14-30-44(48)57-42)55-38-24-9-7-19-33(38)34-20-8-10-25-39(34)55/h1-30,49-50,52H,(H,53,54). The van der Waals surface area contributed by atoms with E-state index in [0.717, 1.165) is 17.0 Å². The van der Waals surface area contributed by atoms with Crippen LogP contribution in [0.15, 0.2) is 187 Å². The maximum absolute atomic E-state index is 5.41. The van der Waals surface area contributed by atoms with Crippen LogP contribution in [0.25, 0.3) is 79.0 Å². The zero-order chi connectivity index (χ0) is 37.5. The van der Waals surface area contributed by atoms with Crippen LogP contribution in [0.4, 0.5) is 0 Å². The summed E-state index contributed by atoms with van der Waals surface area (Å²) in [7, 11) is 0. The number of nitrogens with zero attached hydrogens (tertiary/aromatic N) is 2. The van der Waals surface area contributed by atoms with Gasteiger partial charge in [-0.1, -0.05) is 140 Å². The molecule has 2 N–H and O–H groups in total. The van der Waals surface area contributed by atoms with Crippen molar-refractivity contribution in [2.45, 2.75) is 12.3 Å². The molecule has 0 radical (unpaired) electrons. The van der Waals surface area contributed by atoms with E-state index in [4.69, 9.17) is 4.99 Å². The average molecular weight is 767 g/mol. The summed E-state index contributed by atoms with van der Waals surface area (Å²) in [4.78, 5) is 5.41. The van der Waals surface area contributed by atoms with Gasteiger partial charge in [0.2, 0.25) is 0 Å². The van der Waals surface area contributed by atoms with Gasteiger partial charge in [-0.2, -0.15) is 0 Å². The van der Waals surface area contributed by atoms with Gasteiger partial charge in [0.05, 0.1) is 16.7 Å². The molecule has 57 heavy (non-hydrogen) atoms. The van der Waals surface area contributed by atoms with Crippen LogP contribution in [0.5, 0.6) is 0 Å². The highest BCUT2D eigenvalue weighted by atomic mass is 32.1. The van der Waals surface area contributed by atoms with E-state index >= 15 is 0 Å². The minimum Gasteiger partial charge on any atom is -0.350 e. The molecule has 4 heterocycles. The molecule has 2 atom stereocenters. The molecule has 0 fully saturated rings. The molecule has 0 bridgehead atoms. The van der Waals surface area contributed by atoms with E-state index in [1.807, 2.05) is 22.7 Å². The number of nitrogens with one attached hydrogen (secondary N) is 2. The van der Waals surface area contributed by atoms with E-state index in [1.54, 1.807) is 0 Å². The minimum absolute atomic E-state index is 0.117. The molecule has 0 aliphatic carbocycles. The zero-order valence-electron chi connectivity index (χ0n) is 30.7. The summed E-state index contributed by atoms with van der Waals surface area (Å²) >= 11 is 3.74. The van der Waals surface area contributed by atoms with Crippen LogP contribution in [-0.4, -0.2) is 10.4 Å². The Morgan fingerprint density at radius 3 is 1.51 bits per heavy atom. The molecule has 0 amide bonds. The maximum atomic E-state index is 5.41. The summed E-state index contributed by atoms with van der Waals surface area (Å²) in [5.41, 5.74) is 9.55. The maximum Gasteiger partial charge on any atom is 0.132 e. The zero-order valence-corrected chi connectivity index (χ0v) is 32.3. The Balaban J connectivity index is 1.12. The number of hydrogen-bond acceptors (Lipinski definition) is 5. The number of para-hydroxylation sites is 2. The van der Waals surface area contributed by atoms with Crippen LogP contribution < -0.4 is 10.6 Å². The fraction of sp³-hybridized carbons (Fsp3) is 0.0392. The topological polar surface area (TPSA) is 41.4 Å². The lowest BCUT2D eigenvalue weighted by Crippen LogP contribution is -2.45. The summed E-state index contributed by atoms with van der Waals surface area (Å²) < 4.78 is 7.56. The van der Waals surface area contributed by atoms with Crippen molar-refractivity contribution in [2.75, 3.05) is 0 Å². The van der Waals surface area contributed by atoms with Crippen LogP contribution in [0.1, 0.15) is 29.0 Å². The number of aliphatic imine (C=N–C) groups is 1. The third kappa shape index (κ3) is 5.12. The predicted octanol–water partition coefficient (Wildman–Crippen LogP) is 13.5. The Labute approximate surface area is 337 Å². The van der Waals surface area contributed by atoms with Crippen molar-refractivity contribution < 1.29 is 0 Å². The molecule has 4 nitrogen and oxygen atoms in total. The Morgan fingerprint density at radius 1 is 0.421 bits per heavy atom. The van der Waals surface area contributed by atoms with Gasteiger partial charge in [-0.05, 0) is 64.7 Å². The van der Waals surface area contributed by atoms with Crippen molar-refractivity contribution in [2.24, 2.45) is 4.99 Å². The second-order valence-electron chi connectivity index (χ2n) is 14.7. The second kappa shape index (κ2) is 13.0. The largest absolute Gasteiger partial charge is 0.350 e. The van der Waals surface area contributed by atoms with Crippen molar-refractivity contribution in [3.63, 3.8) is 0 Å². The van der Waals surface area contributed by atoms with Gasteiger partial charge in [0.15, 0.2) is 0 Å². The molecular weight excluding hydrogens is 733 g/mol. The van der Waals surface area contributed by atoms with Gasteiger partial charge in [0.1, 0.15) is 18.2 Å². The molecule has 11 aromatic rings. The molecular formula is C51H34N4S2. The Kier molecular flexibility index (Phi) is 7.45. The van der Waals surface area contributed by atoms with E-state index in [-0.39, 0.29) is 12.3 Å². The molecule has 0 saturated heterocycles. The lowest BCUT2D eigenvalue weighted by atomic mass is 9.93. The van der Waals surface area contributed by atoms with Gasteiger partial charge in [0.25, 0.3) is 0 Å². The third-order valence-corrected chi connectivity index (χ3v) is 13.7. The SMILES string of the molecule is c1ccc(C2N=C(c3cccc4sc5cccc(-c6cccc7sc8cccc(-n9c%10ccccc%10c%10ccccc%109)c8c67)c5c34)NC(c3ccccc3)N2)cc1. The highest BCUT2D eigenvalue weighted by Gasteiger charge is 2.28. The van der Waals surface area contributed by atoms with Crippen molar-refractivity contribution >= 4 is 90.7 Å². The van der Waals surface area contributed by atoms with Gasteiger partial charge in [-0.25, -0.2) is 4.99 Å². The molecule has 0 saturated carbocycles. The molecule has 6 heteroatoms. The summed E-state index contributed by atoms with van der Waals surface area (Å²) in [6.45, 7) is 0. The van der Waals surface area contributed by atoms with Crippen LogP contribution in [0.2, 0.25) is 0 Å². The Hall–Kier alpha value is -6.57. The first-order valence-corrected chi connectivity index (χ1v) is 21.0. The van der Waals surface area contributed by atoms with E-state index in [1.165, 1.54) is 84.5 Å². The molecule has 1 aliphatic rings. The third-order valence-electron chi connectivity index (χ3n) is 11.5. The van der Waals surface area contributed by atoms with E-state index in [9.17, 15) is 0 Å². The normalized spacial score (nSPS) is 15.9. The number of hydrogen-bond donors (Lipinski definition) is 2. The monoisotopic (exact) mass is 766 g/mol. The quantitative estimate of drug-likeness (QED) is 0.183. The highest BCUT2D eigenvalue weighted by molar-refractivity contribution is 7.26. The second-order valence-corrected chi connectivity index (χ2v) is 16.9. The first-order chi connectivity index (χ1) is 28.3. The first-order valence-electron chi connectivity index (χ1n) is 19.4. The van der Waals surface area contributed by atoms with E-state index in [2.05, 4.69) is 197 Å². The lowest BCUT2D eigenvalue weighted by molar-refractivity contribution is 0.409. The first kappa shape index (κ1) is 32.7. The van der Waals surface area contributed by atoms with Crippen molar-refractivity contribution in [3.05, 3.63) is 199 Å². The number of amidine groups is 1. The fourth-order valence-electron chi connectivity index (χ4n) is 9.05. The van der Waals surface area contributed by atoms with Crippen LogP contribution in [0.3, 0.4) is 0 Å². The minimum atomic E-state index is -0.211. The number of rotatable bonds is 5. The van der Waals surface area contributed by atoms with Gasteiger partial charge in [0, 0.05) is 56.7 Å². The number of fused-ring (bicyclic) bond motifs is 9. The summed E-state index contributed by atoms with van der Waals surface area (Å²) in [5, 5.41) is 15.2. The number of benzene rings is 8. The molecule has 270 valence electrons. The van der Waals surface area contributed by atoms with Crippen molar-refractivity contribution in [3.8, 4) is 16.8 Å². The smallest absolute Gasteiger partial charge is 0.132 e. The highest BCUT2D eigenvalue weighted by Crippen LogP contribution is 2.48.